The molecule has 2 heterocycles. The summed E-state index contributed by atoms with van der Waals surface area (Å²) in [4.78, 5) is 15.8. The van der Waals surface area contributed by atoms with Crippen LogP contribution in [0.5, 0.6) is 5.75 Å². The molecule has 112 valence electrons. The minimum atomic E-state index is -0.237. The maximum absolute atomic E-state index is 12.0. The number of nitrogens with zero attached hydrogens (tertiary/aromatic N) is 2. The molecule has 0 fully saturated rings. The molecule has 0 amide bonds. The topological polar surface area (TPSA) is 79.9 Å². The molecule has 0 aliphatic carbocycles. The second kappa shape index (κ2) is 6.40. The lowest BCUT2D eigenvalue weighted by Crippen LogP contribution is -2.18. The Kier molecular flexibility index (Phi) is 4.15. The van der Waals surface area contributed by atoms with Crippen molar-refractivity contribution in [2.45, 2.75) is 6.42 Å². The Balaban J connectivity index is 1.75. The van der Waals surface area contributed by atoms with Crippen molar-refractivity contribution in [2.75, 3.05) is 12.4 Å². The van der Waals surface area contributed by atoms with Gasteiger partial charge in [-0.05, 0) is 35.7 Å². The molecule has 0 bridgehead atoms. The van der Waals surface area contributed by atoms with Gasteiger partial charge in [-0.3, -0.25) is 9.78 Å². The van der Waals surface area contributed by atoms with Crippen LogP contribution in [0.15, 0.2) is 46.6 Å². The van der Waals surface area contributed by atoms with Gasteiger partial charge in [0.15, 0.2) is 0 Å². The molecule has 22 heavy (non-hydrogen) atoms. The second-order valence-electron chi connectivity index (χ2n) is 4.56. The molecule has 0 spiro atoms. The van der Waals surface area contributed by atoms with Crippen LogP contribution in [0, 0.1) is 0 Å². The van der Waals surface area contributed by atoms with E-state index in [0.717, 1.165) is 16.3 Å². The largest absolute Gasteiger partial charge is 0.497 e. The first-order valence-electron chi connectivity index (χ1n) is 6.64. The zero-order valence-corrected chi connectivity index (χ0v) is 12.7. The fourth-order valence-corrected chi connectivity index (χ4v) is 2.63. The van der Waals surface area contributed by atoms with Crippen LogP contribution in [0.2, 0.25) is 0 Å². The number of benzene rings is 1. The molecule has 0 saturated heterocycles. The molecule has 0 aliphatic rings. The molecule has 2 N–H and O–H groups in total. The fraction of sp³-hybridized carbons (Fsp3) is 0.133. The highest BCUT2D eigenvalue weighted by Crippen LogP contribution is 2.17. The molecule has 7 heteroatoms. The molecule has 2 aromatic heterocycles. The van der Waals surface area contributed by atoms with Gasteiger partial charge in [-0.25, -0.2) is 0 Å². The molecule has 3 aromatic rings. The summed E-state index contributed by atoms with van der Waals surface area (Å²) in [7, 11) is 1.61. The van der Waals surface area contributed by atoms with Crippen LogP contribution in [0.25, 0.3) is 0 Å². The number of nitrogens with one attached hydrogen (secondary N) is 2. The summed E-state index contributed by atoms with van der Waals surface area (Å²) in [5.41, 5.74) is 0.957. The minimum absolute atomic E-state index is 0.237. The number of ether oxygens (including phenoxy) is 1. The molecule has 0 aliphatic heterocycles. The van der Waals surface area contributed by atoms with E-state index < -0.39 is 0 Å². The quantitative estimate of drug-likeness (QED) is 0.756. The van der Waals surface area contributed by atoms with Crippen LogP contribution in [-0.4, -0.2) is 22.3 Å². The lowest BCUT2D eigenvalue weighted by molar-refractivity contribution is 0.415. The highest BCUT2D eigenvalue weighted by Gasteiger charge is 2.07. The number of H-pyrrole nitrogens is 1. The average Bonchev–Trinajstić information content (AvgIpc) is 3.04. The molecule has 0 radical (unpaired) electrons. The Morgan fingerprint density at radius 1 is 1.23 bits per heavy atom. The predicted molar refractivity (Wildman–Crippen MR) is 86.1 cm³/mol. The van der Waals surface area contributed by atoms with Gasteiger partial charge in [-0.1, -0.05) is 6.07 Å². The van der Waals surface area contributed by atoms with Gasteiger partial charge in [-0.2, -0.15) is 0 Å². The molecule has 6 nitrogen and oxygen atoms in total. The van der Waals surface area contributed by atoms with E-state index in [1.165, 1.54) is 0 Å². The van der Waals surface area contributed by atoms with E-state index in [4.69, 9.17) is 4.74 Å². The molecule has 3 rings (SSSR count). The summed E-state index contributed by atoms with van der Waals surface area (Å²) in [5.74, 6) is 1.07. The maximum atomic E-state index is 12.0. The third kappa shape index (κ3) is 3.32. The van der Waals surface area contributed by atoms with Gasteiger partial charge in [0.05, 0.1) is 7.11 Å². The standard InChI is InChI=1S/C15H14N4O2S/c1-21-11-6-4-10(5-7-11)16-15-17-14(20)13(18-19-15)9-12-3-2-8-22-12/h2-8H,9H2,1H3,(H2,16,17,19,20). The number of anilines is 2. The Morgan fingerprint density at radius 2 is 2.05 bits per heavy atom. The van der Waals surface area contributed by atoms with Crippen molar-refractivity contribution in [3.05, 3.63) is 62.7 Å². The first-order chi connectivity index (χ1) is 10.7. The summed E-state index contributed by atoms with van der Waals surface area (Å²) in [5, 5.41) is 13.0. The smallest absolute Gasteiger partial charge is 0.274 e. The van der Waals surface area contributed by atoms with Crippen LogP contribution in [-0.2, 0) is 6.42 Å². The van der Waals surface area contributed by atoms with Gasteiger partial charge in [-0.15, -0.1) is 21.5 Å². The Bertz CT molecular complexity index is 797. The summed E-state index contributed by atoms with van der Waals surface area (Å²) in [6.07, 6.45) is 0.489. The lowest BCUT2D eigenvalue weighted by Gasteiger charge is -2.06. The van der Waals surface area contributed by atoms with E-state index in [1.807, 2.05) is 41.8 Å². The molecule has 0 unspecified atom stereocenters. The predicted octanol–water partition coefficient (Wildman–Crippen LogP) is 2.57. The summed E-state index contributed by atoms with van der Waals surface area (Å²) >= 11 is 1.59. The van der Waals surface area contributed by atoms with Crippen molar-refractivity contribution >= 4 is 23.0 Å². The number of hydrogen-bond acceptors (Lipinski definition) is 6. The zero-order chi connectivity index (χ0) is 15.4. The molecular formula is C15H14N4O2S. The van der Waals surface area contributed by atoms with E-state index >= 15 is 0 Å². The van der Waals surface area contributed by atoms with E-state index in [9.17, 15) is 4.79 Å². The van der Waals surface area contributed by atoms with Crippen LogP contribution in [0.1, 0.15) is 10.6 Å². The Morgan fingerprint density at radius 3 is 2.68 bits per heavy atom. The first kappa shape index (κ1) is 14.3. The summed E-state index contributed by atoms with van der Waals surface area (Å²) in [6, 6.07) is 11.2. The average molecular weight is 314 g/mol. The molecule has 0 atom stereocenters. The van der Waals surface area contributed by atoms with Gasteiger partial charge in [0, 0.05) is 17.0 Å². The molecule has 1 aromatic carbocycles. The number of methoxy groups -OCH3 is 1. The van der Waals surface area contributed by atoms with Crippen molar-refractivity contribution in [1.82, 2.24) is 15.2 Å². The van der Waals surface area contributed by atoms with Crippen molar-refractivity contribution < 1.29 is 4.74 Å². The number of rotatable bonds is 5. The van der Waals surface area contributed by atoms with Gasteiger partial charge >= 0.3 is 0 Å². The molecular weight excluding hydrogens is 300 g/mol. The number of aromatic amines is 1. The highest BCUT2D eigenvalue weighted by atomic mass is 32.1. The van der Waals surface area contributed by atoms with E-state index in [1.54, 1.807) is 18.4 Å². The first-order valence-corrected chi connectivity index (χ1v) is 7.52. The fourth-order valence-electron chi connectivity index (χ4n) is 1.92. The minimum Gasteiger partial charge on any atom is -0.497 e. The van der Waals surface area contributed by atoms with Crippen LogP contribution in [0.3, 0.4) is 0 Å². The van der Waals surface area contributed by atoms with E-state index in [2.05, 4.69) is 20.5 Å². The second-order valence-corrected chi connectivity index (χ2v) is 5.59. The number of thiophene rings is 1. The highest BCUT2D eigenvalue weighted by molar-refractivity contribution is 7.09. The van der Waals surface area contributed by atoms with Crippen molar-refractivity contribution in [1.29, 1.82) is 0 Å². The van der Waals surface area contributed by atoms with Crippen molar-refractivity contribution in [3.8, 4) is 5.75 Å². The van der Waals surface area contributed by atoms with E-state index in [0.29, 0.717) is 18.1 Å². The Labute approximate surface area is 130 Å². The Hall–Kier alpha value is -2.67. The van der Waals surface area contributed by atoms with Crippen molar-refractivity contribution in [2.24, 2.45) is 0 Å². The monoisotopic (exact) mass is 314 g/mol. The number of aromatic nitrogens is 3. The third-order valence-electron chi connectivity index (χ3n) is 3.04. The summed E-state index contributed by atoms with van der Waals surface area (Å²) < 4.78 is 5.09. The molecule has 0 saturated carbocycles. The maximum Gasteiger partial charge on any atom is 0.274 e. The van der Waals surface area contributed by atoms with Crippen LogP contribution >= 0.6 is 11.3 Å². The normalized spacial score (nSPS) is 10.4. The summed E-state index contributed by atoms with van der Waals surface area (Å²) in [6.45, 7) is 0. The zero-order valence-electron chi connectivity index (χ0n) is 11.9. The van der Waals surface area contributed by atoms with Crippen LogP contribution in [0.4, 0.5) is 11.6 Å². The van der Waals surface area contributed by atoms with Crippen molar-refractivity contribution in [3.63, 3.8) is 0 Å². The lowest BCUT2D eigenvalue weighted by atomic mass is 10.3. The van der Waals surface area contributed by atoms with Gasteiger partial charge in [0.1, 0.15) is 11.4 Å². The van der Waals surface area contributed by atoms with Crippen LogP contribution < -0.4 is 15.6 Å². The van der Waals surface area contributed by atoms with E-state index in [-0.39, 0.29) is 5.56 Å². The number of hydrogen-bond donors (Lipinski definition) is 2. The van der Waals surface area contributed by atoms with Gasteiger partial charge < -0.3 is 10.1 Å². The SMILES string of the molecule is COc1ccc(Nc2nnc(Cc3cccs3)c(=O)[nH]2)cc1. The third-order valence-corrected chi connectivity index (χ3v) is 3.92. The van der Waals surface area contributed by atoms with Gasteiger partial charge in [0.25, 0.3) is 5.56 Å². The van der Waals surface area contributed by atoms with Gasteiger partial charge in [0.2, 0.25) is 5.95 Å².